The van der Waals surface area contributed by atoms with E-state index >= 15 is 0 Å². The molecule has 0 radical (unpaired) electrons. The van der Waals surface area contributed by atoms with E-state index in [9.17, 15) is 0 Å². The zero-order valence-corrected chi connectivity index (χ0v) is 12.3. The second-order valence-electron chi connectivity index (χ2n) is 5.72. The molecule has 1 unspecified atom stereocenters. The minimum Gasteiger partial charge on any atom is -0.379 e. The average molecular weight is 261 g/mol. The number of unbranched alkanes of at least 4 members (excludes halogenated alkanes) is 1. The van der Waals surface area contributed by atoms with Gasteiger partial charge in [-0.05, 0) is 63.6 Å². The number of benzene rings is 1. The van der Waals surface area contributed by atoms with Crippen molar-refractivity contribution in [3.8, 4) is 0 Å². The number of nitrogens with one attached hydrogen (secondary N) is 1. The lowest BCUT2D eigenvalue weighted by Gasteiger charge is -2.26. The molecule has 0 fully saturated rings. The summed E-state index contributed by atoms with van der Waals surface area (Å²) in [6.07, 6.45) is 6.55. The third-order valence-corrected chi connectivity index (χ3v) is 3.78. The summed E-state index contributed by atoms with van der Waals surface area (Å²) in [7, 11) is 0. The second kappa shape index (κ2) is 7.66. The topological polar surface area (TPSA) is 21.3 Å². The van der Waals surface area contributed by atoms with E-state index in [4.69, 9.17) is 4.74 Å². The maximum Gasteiger partial charge on any atom is 0.0518 e. The molecule has 2 rings (SSSR count). The minimum atomic E-state index is 0.359. The van der Waals surface area contributed by atoms with Crippen LogP contribution in [0.15, 0.2) is 24.3 Å². The Labute approximate surface area is 117 Å². The normalized spacial score (nSPS) is 18.6. The van der Waals surface area contributed by atoms with Crippen LogP contribution in [0.4, 0.5) is 0 Å². The van der Waals surface area contributed by atoms with Gasteiger partial charge < -0.3 is 10.1 Å². The summed E-state index contributed by atoms with van der Waals surface area (Å²) in [6.45, 7) is 6.18. The molecule has 1 aliphatic rings. The first-order chi connectivity index (χ1) is 9.27. The third kappa shape index (κ3) is 4.63. The van der Waals surface area contributed by atoms with Crippen LogP contribution < -0.4 is 5.32 Å². The van der Waals surface area contributed by atoms with Crippen LogP contribution in [0.25, 0.3) is 0 Å². The molecule has 0 aromatic heterocycles. The van der Waals surface area contributed by atoms with E-state index in [0.29, 0.717) is 12.1 Å². The Hall–Kier alpha value is -0.860. The van der Waals surface area contributed by atoms with Gasteiger partial charge in [-0.15, -0.1) is 0 Å². The Balaban J connectivity index is 1.70. The van der Waals surface area contributed by atoms with E-state index in [1.807, 2.05) is 0 Å². The highest BCUT2D eigenvalue weighted by Crippen LogP contribution is 2.29. The van der Waals surface area contributed by atoms with E-state index in [0.717, 1.165) is 19.6 Å². The standard InChI is InChI=1S/C17H27NO/c1-14(2)19-13-6-5-12-18-17-11-7-9-15-8-3-4-10-16(15)17/h3-4,8,10,14,17-18H,5-7,9,11-13H2,1-2H3. The quantitative estimate of drug-likeness (QED) is 0.753. The second-order valence-corrected chi connectivity index (χ2v) is 5.72. The SMILES string of the molecule is CC(C)OCCCCNC1CCCc2ccccc21. The third-order valence-electron chi connectivity index (χ3n) is 3.78. The summed E-state index contributed by atoms with van der Waals surface area (Å²) in [5.74, 6) is 0. The highest BCUT2D eigenvalue weighted by molar-refractivity contribution is 5.32. The Morgan fingerprint density at radius 1 is 1.26 bits per heavy atom. The molecule has 1 aromatic rings. The van der Waals surface area contributed by atoms with Gasteiger partial charge in [0.2, 0.25) is 0 Å². The molecule has 0 saturated heterocycles. The first-order valence-corrected chi connectivity index (χ1v) is 7.70. The summed E-state index contributed by atoms with van der Waals surface area (Å²) < 4.78 is 5.56. The largest absolute Gasteiger partial charge is 0.379 e. The predicted octanol–water partition coefficient (Wildman–Crippen LogP) is 3.86. The van der Waals surface area contributed by atoms with Crippen molar-refractivity contribution in [2.24, 2.45) is 0 Å². The molecule has 106 valence electrons. The zero-order valence-electron chi connectivity index (χ0n) is 12.3. The van der Waals surface area contributed by atoms with Gasteiger partial charge in [0.25, 0.3) is 0 Å². The van der Waals surface area contributed by atoms with Crippen molar-refractivity contribution in [1.29, 1.82) is 0 Å². The Kier molecular flexibility index (Phi) is 5.87. The number of hydrogen-bond acceptors (Lipinski definition) is 2. The van der Waals surface area contributed by atoms with Gasteiger partial charge in [-0.1, -0.05) is 24.3 Å². The van der Waals surface area contributed by atoms with Crippen molar-refractivity contribution in [1.82, 2.24) is 5.32 Å². The molecule has 1 aliphatic carbocycles. The summed E-state index contributed by atoms with van der Waals surface area (Å²) in [6, 6.07) is 9.45. The summed E-state index contributed by atoms with van der Waals surface area (Å²) in [5, 5.41) is 3.71. The summed E-state index contributed by atoms with van der Waals surface area (Å²) in [5.41, 5.74) is 3.06. The highest BCUT2D eigenvalue weighted by atomic mass is 16.5. The smallest absolute Gasteiger partial charge is 0.0518 e. The van der Waals surface area contributed by atoms with Gasteiger partial charge in [0.15, 0.2) is 0 Å². The van der Waals surface area contributed by atoms with Gasteiger partial charge >= 0.3 is 0 Å². The monoisotopic (exact) mass is 261 g/mol. The molecule has 1 aromatic carbocycles. The lowest BCUT2D eigenvalue weighted by atomic mass is 9.88. The van der Waals surface area contributed by atoms with E-state index in [-0.39, 0.29) is 0 Å². The molecule has 0 heterocycles. The summed E-state index contributed by atoms with van der Waals surface area (Å²) in [4.78, 5) is 0. The fraction of sp³-hybridized carbons (Fsp3) is 0.647. The van der Waals surface area contributed by atoms with Crippen LogP contribution in [0.1, 0.15) is 56.7 Å². The van der Waals surface area contributed by atoms with Gasteiger partial charge in [0, 0.05) is 12.6 Å². The van der Waals surface area contributed by atoms with Crippen LogP contribution in [0.5, 0.6) is 0 Å². The van der Waals surface area contributed by atoms with Crippen molar-refractivity contribution >= 4 is 0 Å². The molecule has 2 heteroatoms. The van der Waals surface area contributed by atoms with Crippen LogP contribution in [-0.2, 0) is 11.2 Å². The molecular weight excluding hydrogens is 234 g/mol. The van der Waals surface area contributed by atoms with Crippen molar-refractivity contribution in [3.05, 3.63) is 35.4 Å². The molecule has 0 bridgehead atoms. The molecule has 0 spiro atoms. The van der Waals surface area contributed by atoms with Gasteiger partial charge in [0.1, 0.15) is 0 Å². The highest BCUT2D eigenvalue weighted by Gasteiger charge is 2.18. The molecule has 0 amide bonds. The maximum absolute atomic E-state index is 5.56. The number of aryl methyl sites for hydroxylation is 1. The lowest BCUT2D eigenvalue weighted by molar-refractivity contribution is 0.0759. The van der Waals surface area contributed by atoms with Gasteiger partial charge in [0.05, 0.1) is 6.10 Å². The zero-order chi connectivity index (χ0) is 13.5. The van der Waals surface area contributed by atoms with Gasteiger partial charge in [-0.25, -0.2) is 0 Å². The Morgan fingerprint density at radius 3 is 2.95 bits per heavy atom. The van der Waals surface area contributed by atoms with Crippen molar-refractivity contribution < 1.29 is 4.74 Å². The van der Waals surface area contributed by atoms with E-state index in [1.54, 1.807) is 0 Å². The van der Waals surface area contributed by atoms with E-state index < -0.39 is 0 Å². The molecular formula is C17H27NO. The molecule has 19 heavy (non-hydrogen) atoms. The van der Waals surface area contributed by atoms with Gasteiger partial charge in [-0.2, -0.15) is 0 Å². The Bertz CT molecular complexity index is 375. The van der Waals surface area contributed by atoms with Gasteiger partial charge in [-0.3, -0.25) is 0 Å². The number of rotatable bonds is 7. The van der Waals surface area contributed by atoms with E-state index in [1.165, 1.54) is 36.8 Å². The number of hydrogen-bond donors (Lipinski definition) is 1. The number of fused-ring (bicyclic) bond motifs is 1. The lowest BCUT2D eigenvalue weighted by Crippen LogP contribution is -2.26. The van der Waals surface area contributed by atoms with Crippen LogP contribution in [0.2, 0.25) is 0 Å². The molecule has 1 N–H and O–H groups in total. The maximum atomic E-state index is 5.56. The molecule has 1 atom stereocenters. The Morgan fingerprint density at radius 2 is 2.11 bits per heavy atom. The fourth-order valence-corrected chi connectivity index (χ4v) is 2.79. The average Bonchev–Trinajstić information content (AvgIpc) is 2.42. The fourth-order valence-electron chi connectivity index (χ4n) is 2.79. The predicted molar refractivity (Wildman–Crippen MR) is 80.4 cm³/mol. The van der Waals surface area contributed by atoms with Crippen LogP contribution in [-0.4, -0.2) is 19.3 Å². The van der Waals surface area contributed by atoms with Crippen LogP contribution in [0, 0.1) is 0 Å². The first-order valence-electron chi connectivity index (χ1n) is 7.70. The van der Waals surface area contributed by atoms with Crippen molar-refractivity contribution in [3.63, 3.8) is 0 Å². The van der Waals surface area contributed by atoms with Crippen LogP contribution >= 0.6 is 0 Å². The van der Waals surface area contributed by atoms with Crippen molar-refractivity contribution in [2.75, 3.05) is 13.2 Å². The molecule has 0 aliphatic heterocycles. The minimum absolute atomic E-state index is 0.359. The number of ether oxygens (including phenoxy) is 1. The molecule has 2 nitrogen and oxygen atoms in total. The van der Waals surface area contributed by atoms with Crippen molar-refractivity contribution in [2.45, 2.75) is 58.1 Å². The van der Waals surface area contributed by atoms with E-state index in [2.05, 4.69) is 43.4 Å². The van der Waals surface area contributed by atoms with Crippen LogP contribution in [0.3, 0.4) is 0 Å². The summed E-state index contributed by atoms with van der Waals surface area (Å²) >= 11 is 0. The molecule has 0 saturated carbocycles. The first kappa shape index (κ1) is 14.5.